The van der Waals surface area contributed by atoms with Gasteiger partial charge in [-0.25, -0.2) is 13.8 Å². The number of methoxy groups -OCH3 is 1. The van der Waals surface area contributed by atoms with Crippen LogP contribution in [0.2, 0.25) is 0 Å². The number of nitrogens with zero attached hydrogens (tertiary/aromatic N) is 1. The van der Waals surface area contributed by atoms with E-state index in [1.54, 1.807) is 0 Å². The van der Waals surface area contributed by atoms with Gasteiger partial charge in [0.15, 0.2) is 0 Å². The second-order valence-electron chi connectivity index (χ2n) is 2.88. The summed E-state index contributed by atoms with van der Waals surface area (Å²) < 4.78 is 29.6. The zero-order chi connectivity index (χ0) is 12.3. The number of carbonyl (C=O) groups is 1. The van der Waals surface area contributed by atoms with E-state index >= 15 is 0 Å². The Morgan fingerprint density at radius 2 is 2.31 bits per heavy atom. The van der Waals surface area contributed by atoms with Crippen molar-refractivity contribution in [2.45, 2.75) is 12.8 Å². The number of hydrogen-bond donors (Lipinski definition) is 1. The molecule has 1 heterocycles. The monoisotopic (exact) mass is 295 g/mol. The van der Waals surface area contributed by atoms with E-state index in [4.69, 9.17) is 0 Å². The molecule has 1 aromatic rings. The Balaban J connectivity index is 3.23. The number of halogens is 3. The van der Waals surface area contributed by atoms with Gasteiger partial charge in [-0.1, -0.05) is 0 Å². The third kappa shape index (κ3) is 2.66. The van der Waals surface area contributed by atoms with Gasteiger partial charge in [0.2, 0.25) is 0 Å². The molecule has 1 N–H and O–H groups in total. The van der Waals surface area contributed by atoms with Gasteiger partial charge in [-0.3, -0.25) is 4.79 Å². The lowest BCUT2D eigenvalue weighted by Gasteiger charge is -2.10. The lowest BCUT2D eigenvalue weighted by molar-refractivity contribution is -0.139. The number of alkyl halides is 2. The van der Waals surface area contributed by atoms with Gasteiger partial charge in [-0.2, -0.15) is 0 Å². The van der Waals surface area contributed by atoms with Crippen molar-refractivity contribution in [3.05, 3.63) is 21.9 Å². The van der Waals surface area contributed by atoms with Gasteiger partial charge in [0.1, 0.15) is 10.4 Å². The van der Waals surface area contributed by atoms with Crippen molar-refractivity contribution in [3.63, 3.8) is 0 Å². The summed E-state index contributed by atoms with van der Waals surface area (Å²) in [5, 5.41) is 9.38. The van der Waals surface area contributed by atoms with Gasteiger partial charge < -0.3 is 9.84 Å². The zero-order valence-electron chi connectivity index (χ0n) is 8.21. The summed E-state index contributed by atoms with van der Waals surface area (Å²) in [5.41, 5.74) is -0.672. The average molecular weight is 296 g/mol. The van der Waals surface area contributed by atoms with Crippen LogP contribution in [0.1, 0.15) is 17.6 Å². The highest BCUT2D eigenvalue weighted by molar-refractivity contribution is 9.10. The number of esters is 1. The van der Waals surface area contributed by atoms with E-state index in [1.807, 2.05) is 0 Å². The van der Waals surface area contributed by atoms with Gasteiger partial charge in [0, 0.05) is 5.56 Å². The lowest BCUT2D eigenvalue weighted by atomic mass is 10.1. The quantitative estimate of drug-likeness (QED) is 0.686. The van der Waals surface area contributed by atoms with Gasteiger partial charge >= 0.3 is 5.97 Å². The Bertz CT molecular complexity index is 412. The van der Waals surface area contributed by atoms with E-state index in [1.165, 1.54) is 0 Å². The fourth-order valence-electron chi connectivity index (χ4n) is 1.15. The number of ether oxygens (including phenoxy) is 1. The summed E-state index contributed by atoms with van der Waals surface area (Å²) in [6, 6.07) is 0. The van der Waals surface area contributed by atoms with Crippen LogP contribution in [0.4, 0.5) is 8.78 Å². The Kier molecular flexibility index (Phi) is 4.17. The predicted molar refractivity (Wildman–Crippen MR) is 54.3 cm³/mol. The topological polar surface area (TPSA) is 59.4 Å². The molecule has 0 aliphatic heterocycles. The highest BCUT2D eigenvalue weighted by atomic mass is 79.9. The SMILES string of the molecule is COC(=O)Cc1c(O)cnc(Br)c1C(F)F. The van der Waals surface area contributed by atoms with Crippen LogP contribution in [0.3, 0.4) is 0 Å². The molecule has 0 saturated carbocycles. The van der Waals surface area contributed by atoms with Crippen molar-refractivity contribution < 1.29 is 23.4 Å². The Labute approximate surface area is 98.4 Å². The van der Waals surface area contributed by atoms with Gasteiger partial charge in [0.05, 0.1) is 25.3 Å². The first kappa shape index (κ1) is 12.8. The Hall–Kier alpha value is -1.24. The van der Waals surface area contributed by atoms with E-state index in [0.29, 0.717) is 0 Å². The highest BCUT2D eigenvalue weighted by Gasteiger charge is 2.23. The van der Waals surface area contributed by atoms with Crippen LogP contribution in [0.25, 0.3) is 0 Å². The first-order chi connectivity index (χ1) is 7.47. The number of aromatic nitrogens is 1. The summed E-state index contributed by atoms with van der Waals surface area (Å²) in [6.07, 6.45) is -2.27. The maximum Gasteiger partial charge on any atom is 0.310 e. The molecule has 16 heavy (non-hydrogen) atoms. The summed E-state index contributed by atoms with van der Waals surface area (Å²) >= 11 is 2.84. The molecule has 0 atom stereocenters. The molecule has 0 bridgehead atoms. The second-order valence-corrected chi connectivity index (χ2v) is 3.63. The molecule has 0 fully saturated rings. The summed E-state index contributed by atoms with van der Waals surface area (Å²) in [5.74, 6) is -1.17. The largest absolute Gasteiger partial charge is 0.506 e. The van der Waals surface area contributed by atoms with Gasteiger partial charge in [0.25, 0.3) is 6.43 Å². The van der Waals surface area contributed by atoms with Crippen molar-refractivity contribution in [1.29, 1.82) is 0 Å². The molecule has 0 saturated heterocycles. The molecular formula is C9H8BrF2NO3. The van der Waals surface area contributed by atoms with Crippen LogP contribution in [0.15, 0.2) is 10.8 Å². The molecule has 0 aliphatic carbocycles. The average Bonchev–Trinajstić information content (AvgIpc) is 2.22. The minimum absolute atomic E-state index is 0.0980. The first-order valence-electron chi connectivity index (χ1n) is 4.18. The maximum atomic E-state index is 12.7. The molecule has 7 heteroatoms. The summed E-state index contributed by atoms with van der Waals surface area (Å²) in [4.78, 5) is 14.5. The Morgan fingerprint density at radius 3 is 2.81 bits per heavy atom. The van der Waals surface area contributed by atoms with E-state index in [2.05, 4.69) is 25.7 Å². The molecule has 0 radical (unpaired) electrons. The van der Waals surface area contributed by atoms with Crippen molar-refractivity contribution in [1.82, 2.24) is 4.98 Å². The Morgan fingerprint density at radius 1 is 1.69 bits per heavy atom. The summed E-state index contributed by atoms with van der Waals surface area (Å²) in [7, 11) is 1.14. The molecule has 0 amide bonds. The number of pyridine rings is 1. The predicted octanol–water partition coefficient (Wildman–Crippen LogP) is 2.20. The van der Waals surface area contributed by atoms with Gasteiger partial charge in [-0.05, 0) is 15.9 Å². The standard InChI is InChI=1S/C9H8BrF2NO3/c1-16-6(15)2-4-5(14)3-13-8(10)7(4)9(11)12/h3,9,14H,2H2,1H3. The molecular weight excluding hydrogens is 288 g/mol. The maximum absolute atomic E-state index is 12.7. The minimum atomic E-state index is -2.84. The smallest absolute Gasteiger partial charge is 0.310 e. The molecule has 88 valence electrons. The molecule has 0 aromatic carbocycles. The molecule has 0 spiro atoms. The molecule has 4 nitrogen and oxygen atoms in total. The normalized spacial score (nSPS) is 10.6. The van der Waals surface area contributed by atoms with Crippen molar-refractivity contribution >= 4 is 21.9 Å². The molecule has 1 rings (SSSR count). The van der Waals surface area contributed by atoms with Crippen LogP contribution < -0.4 is 0 Å². The number of rotatable bonds is 3. The summed E-state index contributed by atoms with van der Waals surface area (Å²) in [6.45, 7) is 0. The van der Waals surface area contributed by atoms with Crippen LogP contribution in [-0.4, -0.2) is 23.2 Å². The van der Waals surface area contributed by atoms with E-state index < -0.39 is 30.1 Å². The number of hydrogen-bond acceptors (Lipinski definition) is 4. The third-order valence-electron chi connectivity index (χ3n) is 1.92. The number of carbonyl (C=O) groups excluding carboxylic acids is 1. The van der Waals surface area contributed by atoms with Crippen molar-refractivity contribution in [2.75, 3.05) is 7.11 Å². The van der Waals surface area contributed by atoms with E-state index in [-0.39, 0.29) is 10.2 Å². The zero-order valence-corrected chi connectivity index (χ0v) is 9.79. The fourth-order valence-corrected chi connectivity index (χ4v) is 1.67. The van der Waals surface area contributed by atoms with Gasteiger partial charge in [-0.15, -0.1) is 0 Å². The van der Waals surface area contributed by atoms with Crippen molar-refractivity contribution in [3.8, 4) is 5.75 Å². The minimum Gasteiger partial charge on any atom is -0.506 e. The number of aromatic hydroxyl groups is 1. The first-order valence-corrected chi connectivity index (χ1v) is 4.97. The van der Waals surface area contributed by atoms with Crippen LogP contribution in [-0.2, 0) is 16.0 Å². The fraction of sp³-hybridized carbons (Fsp3) is 0.333. The highest BCUT2D eigenvalue weighted by Crippen LogP contribution is 2.34. The third-order valence-corrected chi connectivity index (χ3v) is 2.56. The van der Waals surface area contributed by atoms with Crippen LogP contribution >= 0.6 is 15.9 Å². The molecule has 0 unspecified atom stereocenters. The second kappa shape index (κ2) is 5.20. The lowest BCUT2D eigenvalue weighted by Crippen LogP contribution is -2.08. The van der Waals surface area contributed by atoms with Crippen LogP contribution in [0, 0.1) is 0 Å². The van der Waals surface area contributed by atoms with E-state index in [0.717, 1.165) is 13.3 Å². The van der Waals surface area contributed by atoms with Crippen molar-refractivity contribution in [2.24, 2.45) is 0 Å². The molecule has 1 aromatic heterocycles. The van der Waals surface area contributed by atoms with E-state index in [9.17, 15) is 18.7 Å². The molecule has 0 aliphatic rings. The van der Waals surface area contributed by atoms with Crippen LogP contribution in [0.5, 0.6) is 5.75 Å².